The van der Waals surface area contributed by atoms with Crippen molar-refractivity contribution in [2.24, 2.45) is 11.7 Å². The molecule has 2 aromatic heterocycles. The van der Waals surface area contributed by atoms with Crippen LogP contribution < -0.4 is 16.4 Å². The van der Waals surface area contributed by atoms with Crippen molar-refractivity contribution in [3.8, 4) is 0 Å². The van der Waals surface area contributed by atoms with Gasteiger partial charge in [0.15, 0.2) is 5.69 Å². The molecule has 0 saturated heterocycles. The van der Waals surface area contributed by atoms with Crippen LogP contribution in [0.4, 0.5) is 5.00 Å². The van der Waals surface area contributed by atoms with Crippen molar-refractivity contribution in [2.75, 3.05) is 12.4 Å². The summed E-state index contributed by atoms with van der Waals surface area (Å²) in [5.41, 5.74) is 6.28. The predicted octanol–water partition coefficient (Wildman–Crippen LogP) is 2.13. The van der Waals surface area contributed by atoms with Crippen LogP contribution >= 0.6 is 23.1 Å². The molecule has 0 aromatic carbocycles. The summed E-state index contributed by atoms with van der Waals surface area (Å²) in [6.07, 6.45) is 4.07. The Morgan fingerprint density at radius 1 is 1.29 bits per heavy atom. The van der Waals surface area contributed by atoms with Crippen LogP contribution in [0.5, 0.6) is 0 Å². The third kappa shape index (κ3) is 3.88. The van der Waals surface area contributed by atoms with E-state index in [1.807, 2.05) is 0 Å². The molecule has 2 heterocycles. The molecule has 0 aliphatic heterocycles. The van der Waals surface area contributed by atoms with Gasteiger partial charge in [0.2, 0.25) is 5.91 Å². The number of nitrogens with zero attached hydrogens (tertiary/aromatic N) is 3. The highest BCUT2D eigenvalue weighted by Gasteiger charge is 2.31. The normalized spacial score (nSPS) is 19.2. The number of carbonyl (C=O) groups excluding carboxylic acids is 3. The smallest absolute Gasteiger partial charge is 0.272 e. The number of aromatic nitrogens is 3. The van der Waals surface area contributed by atoms with Crippen molar-refractivity contribution in [3.05, 3.63) is 28.4 Å². The standard InChI is InChI=1S/C17H21ClN6O3S/c1-8-11(18)17(28-23-8)22-15(26)9-3-5-10(6-4-9)24-7-21-12(16(27)20-2)13(24)14(19)25/h7,9-10H,3-6H2,1-2H3,(H2,19,25)(H,20,27)(H,22,26)/t9-,10-. The summed E-state index contributed by atoms with van der Waals surface area (Å²) in [5, 5.41) is 6.34. The number of carbonyl (C=O) groups is 3. The number of nitrogens with one attached hydrogen (secondary N) is 2. The molecule has 150 valence electrons. The van der Waals surface area contributed by atoms with Crippen LogP contribution in [-0.4, -0.2) is 38.7 Å². The van der Waals surface area contributed by atoms with E-state index in [4.69, 9.17) is 17.3 Å². The fourth-order valence-electron chi connectivity index (χ4n) is 3.43. The number of imidazole rings is 1. The van der Waals surface area contributed by atoms with Gasteiger partial charge in [-0.3, -0.25) is 14.4 Å². The van der Waals surface area contributed by atoms with Gasteiger partial charge in [0, 0.05) is 19.0 Å². The van der Waals surface area contributed by atoms with Crippen LogP contribution in [0.2, 0.25) is 5.02 Å². The van der Waals surface area contributed by atoms with Gasteiger partial charge in [0.25, 0.3) is 11.8 Å². The van der Waals surface area contributed by atoms with Gasteiger partial charge >= 0.3 is 0 Å². The fourth-order valence-corrected chi connectivity index (χ4v) is 4.37. The maximum atomic E-state index is 12.5. The van der Waals surface area contributed by atoms with E-state index in [2.05, 4.69) is 20.0 Å². The molecule has 1 saturated carbocycles. The molecule has 0 spiro atoms. The lowest BCUT2D eigenvalue weighted by Gasteiger charge is -2.29. The SMILES string of the molecule is CNC(=O)c1ncn([C@H]2CC[C@H](C(=O)Nc3snc(C)c3Cl)CC2)c1C(N)=O. The minimum Gasteiger partial charge on any atom is -0.364 e. The first-order valence-electron chi connectivity index (χ1n) is 8.84. The molecular weight excluding hydrogens is 404 g/mol. The van der Waals surface area contributed by atoms with Crippen molar-refractivity contribution >= 4 is 45.9 Å². The first-order valence-corrected chi connectivity index (χ1v) is 10.00. The van der Waals surface area contributed by atoms with Crippen LogP contribution in [0, 0.1) is 12.8 Å². The molecule has 0 unspecified atom stereocenters. The van der Waals surface area contributed by atoms with Crippen LogP contribution in [-0.2, 0) is 4.79 Å². The third-order valence-corrected chi connectivity index (χ3v) is 6.39. The molecule has 3 rings (SSSR count). The van der Waals surface area contributed by atoms with Gasteiger partial charge in [-0.25, -0.2) is 4.98 Å². The summed E-state index contributed by atoms with van der Waals surface area (Å²) in [7, 11) is 1.47. The van der Waals surface area contributed by atoms with Crippen LogP contribution in [0.15, 0.2) is 6.33 Å². The first kappa shape index (κ1) is 20.3. The number of halogens is 1. The molecule has 1 aliphatic rings. The number of anilines is 1. The molecular formula is C17H21ClN6O3S. The number of primary amides is 1. The molecule has 9 nitrogen and oxygen atoms in total. The lowest BCUT2D eigenvalue weighted by atomic mass is 9.85. The molecule has 4 N–H and O–H groups in total. The molecule has 0 radical (unpaired) electrons. The van der Waals surface area contributed by atoms with E-state index in [1.54, 1.807) is 11.5 Å². The van der Waals surface area contributed by atoms with E-state index in [9.17, 15) is 14.4 Å². The van der Waals surface area contributed by atoms with Crippen molar-refractivity contribution in [3.63, 3.8) is 0 Å². The third-order valence-electron chi connectivity index (χ3n) is 4.96. The van der Waals surface area contributed by atoms with Crippen molar-refractivity contribution in [1.82, 2.24) is 19.2 Å². The molecule has 28 heavy (non-hydrogen) atoms. The second-order valence-corrected chi connectivity index (χ2v) is 7.85. The number of aryl methyl sites for hydroxylation is 1. The largest absolute Gasteiger partial charge is 0.364 e. The maximum absolute atomic E-state index is 12.5. The Bertz CT molecular complexity index is 916. The van der Waals surface area contributed by atoms with Crippen molar-refractivity contribution < 1.29 is 14.4 Å². The van der Waals surface area contributed by atoms with Gasteiger partial charge in [-0.2, -0.15) is 4.37 Å². The predicted molar refractivity (Wildman–Crippen MR) is 106 cm³/mol. The molecule has 0 bridgehead atoms. The zero-order chi connectivity index (χ0) is 20.4. The summed E-state index contributed by atoms with van der Waals surface area (Å²) in [6, 6.07) is -0.0494. The Labute approximate surface area is 170 Å². The van der Waals surface area contributed by atoms with Gasteiger partial charge in [-0.1, -0.05) is 11.6 Å². The number of amides is 3. The first-order chi connectivity index (χ1) is 13.3. The topological polar surface area (TPSA) is 132 Å². The summed E-state index contributed by atoms with van der Waals surface area (Å²) < 4.78 is 5.78. The van der Waals surface area contributed by atoms with Gasteiger partial charge in [0.1, 0.15) is 10.7 Å². The summed E-state index contributed by atoms with van der Waals surface area (Å²) in [5.74, 6) is -1.41. The molecule has 1 fully saturated rings. The highest BCUT2D eigenvalue weighted by Crippen LogP contribution is 2.35. The average Bonchev–Trinajstić information content (AvgIpc) is 3.27. The van der Waals surface area contributed by atoms with E-state index in [1.165, 1.54) is 13.4 Å². The monoisotopic (exact) mass is 424 g/mol. The van der Waals surface area contributed by atoms with Crippen molar-refractivity contribution in [2.45, 2.75) is 38.6 Å². The lowest BCUT2D eigenvalue weighted by molar-refractivity contribution is -0.120. The van der Waals surface area contributed by atoms with E-state index >= 15 is 0 Å². The second kappa shape index (κ2) is 8.27. The van der Waals surface area contributed by atoms with E-state index in [-0.39, 0.29) is 29.3 Å². The van der Waals surface area contributed by atoms with E-state index in [0.29, 0.717) is 41.4 Å². The fraction of sp³-hybridized carbons (Fsp3) is 0.471. The van der Waals surface area contributed by atoms with Crippen molar-refractivity contribution in [1.29, 1.82) is 0 Å². The molecule has 0 atom stereocenters. The number of hydrogen-bond acceptors (Lipinski definition) is 6. The number of hydrogen-bond donors (Lipinski definition) is 3. The summed E-state index contributed by atoms with van der Waals surface area (Å²) in [6.45, 7) is 1.79. The molecule has 2 aromatic rings. The van der Waals surface area contributed by atoms with Gasteiger partial charge in [0.05, 0.1) is 17.0 Å². The van der Waals surface area contributed by atoms with E-state index < -0.39 is 11.8 Å². The lowest BCUT2D eigenvalue weighted by Crippen LogP contribution is -2.30. The Balaban J connectivity index is 1.68. The van der Waals surface area contributed by atoms with E-state index in [0.717, 1.165) is 11.5 Å². The Kier molecular flexibility index (Phi) is 5.99. The minimum absolute atomic E-state index is 0.0186. The molecule has 1 aliphatic carbocycles. The molecule has 3 amide bonds. The number of rotatable bonds is 5. The van der Waals surface area contributed by atoms with Gasteiger partial charge in [-0.05, 0) is 44.1 Å². The maximum Gasteiger partial charge on any atom is 0.272 e. The number of nitrogens with two attached hydrogens (primary N) is 1. The molecule has 11 heteroatoms. The Hall–Kier alpha value is -2.46. The minimum atomic E-state index is -0.703. The highest BCUT2D eigenvalue weighted by molar-refractivity contribution is 7.11. The summed E-state index contributed by atoms with van der Waals surface area (Å²) >= 11 is 7.29. The van der Waals surface area contributed by atoms with Gasteiger partial charge in [-0.15, -0.1) is 0 Å². The van der Waals surface area contributed by atoms with Crippen LogP contribution in [0.3, 0.4) is 0 Å². The quantitative estimate of drug-likeness (QED) is 0.676. The Morgan fingerprint density at radius 3 is 2.50 bits per heavy atom. The Morgan fingerprint density at radius 2 is 1.96 bits per heavy atom. The van der Waals surface area contributed by atoms with Crippen LogP contribution in [0.1, 0.15) is 58.4 Å². The highest BCUT2D eigenvalue weighted by atomic mass is 35.5. The van der Waals surface area contributed by atoms with Gasteiger partial charge < -0.3 is 20.9 Å². The zero-order valence-corrected chi connectivity index (χ0v) is 17.1. The zero-order valence-electron chi connectivity index (χ0n) is 15.5. The van der Waals surface area contributed by atoms with Crippen LogP contribution in [0.25, 0.3) is 0 Å². The second-order valence-electron chi connectivity index (χ2n) is 6.70. The summed E-state index contributed by atoms with van der Waals surface area (Å²) in [4.78, 5) is 40.4. The average molecular weight is 425 g/mol.